The summed E-state index contributed by atoms with van der Waals surface area (Å²) in [6.45, 7) is 0. The lowest BCUT2D eigenvalue weighted by Gasteiger charge is -2.31. The van der Waals surface area contributed by atoms with Gasteiger partial charge in [-0.15, -0.1) is 0 Å². The van der Waals surface area contributed by atoms with Crippen LogP contribution in [0.3, 0.4) is 0 Å². The number of allylic oxidation sites excluding steroid dienone is 2. The Kier molecular flexibility index (Phi) is 5.24. The summed E-state index contributed by atoms with van der Waals surface area (Å²) in [4.78, 5) is 0. The van der Waals surface area contributed by atoms with Crippen molar-refractivity contribution in [3.05, 3.63) is 102 Å². The fourth-order valence-electron chi connectivity index (χ4n) is 3.69. The molecule has 1 unspecified atom stereocenters. The van der Waals surface area contributed by atoms with Crippen LogP contribution in [0.2, 0.25) is 0 Å². The number of methoxy groups -OCH3 is 1. The van der Waals surface area contributed by atoms with Gasteiger partial charge in [0, 0.05) is 17.4 Å². The Morgan fingerprint density at radius 2 is 1.75 bits per heavy atom. The maximum absolute atomic E-state index is 5.49. The van der Waals surface area contributed by atoms with E-state index in [1.165, 1.54) is 5.56 Å². The van der Waals surface area contributed by atoms with Crippen molar-refractivity contribution in [3.8, 4) is 5.75 Å². The van der Waals surface area contributed by atoms with Gasteiger partial charge in [-0.25, -0.2) is 0 Å². The Hall–Kier alpha value is -3.33. The summed E-state index contributed by atoms with van der Waals surface area (Å²) in [6, 6.07) is 22.8. The van der Waals surface area contributed by atoms with E-state index in [9.17, 15) is 0 Å². The van der Waals surface area contributed by atoms with Crippen molar-refractivity contribution in [1.82, 2.24) is 5.43 Å². The molecule has 3 aromatic rings. The van der Waals surface area contributed by atoms with E-state index in [0.29, 0.717) is 0 Å². The highest BCUT2D eigenvalue weighted by Crippen LogP contribution is 2.28. The number of rotatable bonds is 6. The van der Waals surface area contributed by atoms with Gasteiger partial charge in [-0.2, -0.15) is 5.10 Å². The highest BCUT2D eigenvalue weighted by atomic mass is 16.5. The predicted octanol–water partition coefficient (Wildman–Crippen LogP) is 5.27. The van der Waals surface area contributed by atoms with Crippen LogP contribution in [0.25, 0.3) is 10.8 Å². The molecule has 3 aromatic carbocycles. The second-order valence-electron chi connectivity index (χ2n) is 7.08. The molecule has 0 aliphatic heterocycles. The van der Waals surface area contributed by atoms with Crippen LogP contribution in [0.1, 0.15) is 17.5 Å². The molecule has 0 aromatic heterocycles. The van der Waals surface area contributed by atoms with E-state index in [-0.39, 0.29) is 5.54 Å². The molecule has 1 atom stereocenters. The number of nitrogens with one attached hydrogen (secondary N) is 1. The van der Waals surface area contributed by atoms with Gasteiger partial charge in [0.15, 0.2) is 0 Å². The molecule has 0 saturated carbocycles. The van der Waals surface area contributed by atoms with E-state index in [0.717, 1.165) is 34.9 Å². The van der Waals surface area contributed by atoms with Gasteiger partial charge in [0.2, 0.25) is 0 Å². The van der Waals surface area contributed by atoms with Crippen LogP contribution in [0.5, 0.6) is 5.75 Å². The maximum Gasteiger partial charge on any atom is 0.126 e. The summed E-state index contributed by atoms with van der Waals surface area (Å²) in [7, 11) is 1.70. The number of nitrogens with zero attached hydrogens (tertiary/aromatic N) is 1. The van der Waals surface area contributed by atoms with E-state index in [4.69, 9.17) is 4.74 Å². The zero-order chi connectivity index (χ0) is 19.2. The lowest BCUT2D eigenvalue weighted by molar-refractivity contribution is 0.411. The highest BCUT2D eigenvalue weighted by Gasteiger charge is 2.26. The molecule has 1 aliphatic rings. The number of hydrazone groups is 1. The van der Waals surface area contributed by atoms with Gasteiger partial charge in [-0.1, -0.05) is 78.9 Å². The third kappa shape index (κ3) is 3.84. The quantitative estimate of drug-likeness (QED) is 0.475. The molecular weight excluding hydrogens is 344 g/mol. The number of hydrogen-bond acceptors (Lipinski definition) is 3. The van der Waals surface area contributed by atoms with Gasteiger partial charge >= 0.3 is 0 Å². The van der Waals surface area contributed by atoms with Crippen molar-refractivity contribution >= 4 is 17.0 Å². The summed E-state index contributed by atoms with van der Waals surface area (Å²) < 4.78 is 5.49. The fourth-order valence-corrected chi connectivity index (χ4v) is 3.69. The van der Waals surface area contributed by atoms with Crippen LogP contribution < -0.4 is 10.2 Å². The first kappa shape index (κ1) is 18.1. The molecule has 28 heavy (non-hydrogen) atoms. The Balaban J connectivity index is 1.60. The number of ether oxygens (including phenoxy) is 1. The Morgan fingerprint density at radius 1 is 0.964 bits per heavy atom. The number of benzene rings is 3. The first-order valence-corrected chi connectivity index (χ1v) is 9.54. The second-order valence-corrected chi connectivity index (χ2v) is 7.08. The van der Waals surface area contributed by atoms with Crippen LogP contribution in [-0.4, -0.2) is 18.9 Å². The van der Waals surface area contributed by atoms with E-state index in [2.05, 4.69) is 71.2 Å². The average molecular weight is 368 g/mol. The molecule has 140 valence electrons. The van der Waals surface area contributed by atoms with Crippen molar-refractivity contribution in [2.75, 3.05) is 7.11 Å². The van der Waals surface area contributed by atoms with Crippen LogP contribution >= 0.6 is 0 Å². The molecule has 0 fully saturated rings. The van der Waals surface area contributed by atoms with Gasteiger partial charge < -0.3 is 4.74 Å². The van der Waals surface area contributed by atoms with Crippen molar-refractivity contribution in [2.45, 2.75) is 18.4 Å². The molecule has 4 rings (SSSR count). The SMILES string of the molecule is COc1ccc(C=NNC2(Cc3ccccc3)C=CC=CC2)c2ccccc12. The van der Waals surface area contributed by atoms with Crippen LogP contribution in [0.4, 0.5) is 0 Å². The molecule has 3 nitrogen and oxygen atoms in total. The average Bonchev–Trinajstić information content (AvgIpc) is 2.75. The molecule has 3 heteroatoms. The van der Waals surface area contributed by atoms with Gasteiger partial charge in [0.25, 0.3) is 0 Å². The minimum absolute atomic E-state index is 0.213. The van der Waals surface area contributed by atoms with Crippen molar-refractivity contribution in [3.63, 3.8) is 0 Å². The predicted molar refractivity (Wildman–Crippen MR) is 117 cm³/mol. The smallest absolute Gasteiger partial charge is 0.126 e. The Labute approximate surface area is 166 Å². The standard InChI is InChI=1S/C25H24N2O/c1-28-24-15-14-21(22-12-6-7-13-23(22)24)19-26-27-25(16-8-3-9-17-25)18-20-10-4-2-5-11-20/h2-16,19,27H,17-18H2,1H3. The van der Waals surface area contributed by atoms with Crippen LogP contribution in [0.15, 0.2) is 96.1 Å². The molecule has 0 heterocycles. The van der Waals surface area contributed by atoms with Crippen molar-refractivity contribution in [2.24, 2.45) is 5.10 Å². The first-order valence-electron chi connectivity index (χ1n) is 9.54. The summed E-state index contributed by atoms with van der Waals surface area (Å²) in [5, 5.41) is 6.86. The summed E-state index contributed by atoms with van der Waals surface area (Å²) in [5.41, 5.74) is 5.57. The van der Waals surface area contributed by atoms with E-state index < -0.39 is 0 Å². The molecule has 0 radical (unpaired) electrons. The van der Waals surface area contributed by atoms with E-state index in [1.807, 2.05) is 36.5 Å². The minimum Gasteiger partial charge on any atom is -0.496 e. The summed E-state index contributed by atoms with van der Waals surface area (Å²) in [5.74, 6) is 0.876. The number of fused-ring (bicyclic) bond motifs is 1. The zero-order valence-electron chi connectivity index (χ0n) is 16.0. The fraction of sp³-hybridized carbons (Fsp3) is 0.160. The normalized spacial score (nSPS) is 18.6. The lowest BCUT2D eigenvalue weighted by atomic mass is 9.85. The summed E-state index contributed by atoms with van der Waals surface area (Å²) in [6.07, 6.45) is 12.3. The topological polar surface area (TPSA) is 33.6 Å². The molecule has 0 bridgehead atoms. The molecule has 0 amide bonds. The molecular formula is C25H24N2O. The third-order valence-corrected chi connectivity index (χ3v) is 5.14. The maximum atomic E-state index is 5.49. The molecule has 0 saturated heterocycles. The zero-order valence-corrected chi connectivity index (χ0v) is 16.0. The largest absolute Gasteiger partial charge is 0.496 e. The number of hydrogen-bond donors (Lipinski definition) is 1. The van der Waals surface area contributed by atoms with E-state index in [1.54, 1.807) is 7.11 Å². The Morgan fingerprint density at radius 3 is 2.50 bits per heavy atom. The van der Waals surface area contributed by atoms with Gasteiger partial charge in [0.05, 0.1) is 18.9 Å². The van der Waals surface area contributed by atoms with Crippen molar-refractivity contribution in [1.29, 1.82) is 0 Å². The molecule has 1 aliphatic carbocycles. The summed E-state index contributed by atoms with van der Waals surface area (Å²) >= 11 is 0. The second kappa shape index (κ2) is 8.13. The highest BCUT2D eigenvalue weighted by molar-refractivity contribution is 6.02. The van der Waals surface area contributed by atoms with Crippen LogP contribution in [-0.2, 0) is 6.42 Å². The minimum atomic E-state index is -0.213. The van der Waals surface area contributed by atoms with Gasteiger partial charge in [-0.3, -0.25) is 5.43 Å². The monoisotopic (exact) mass is 368 g/mol. The van der Waals surface area contributed by atoms with Crippen LogP contribution in [0, 0.1) is 0 Å². The van der Waals surface area contributed by atoms with Crippen molar-refractivity contribution < 1.29 is 4.74 Å². The third-order valence-electron chi connectivity index (χ3n) is 5.14. The molecule has 0 spiro atoms. The van der Waals surface area contributed by atoms with E-state index >= 15 is 0 Å². The van der Waals surface area contributed by atoms with Gasteiger partial charge in [-0.05, 0) is 29.5 Å². The Bertz CT molecular complexity index is 1040. The first-order chi connectivity index (χ1) is 13.8. The molecule has 1 N–H and O–H groups in total. The lowest BCUT2D eigenvalue weighted by Crippen LogP contribution is -2.43. The van der Waals surface area contributed by atoms with Gasteiger partial charge in [0.1, 0.15) is 5.75 Å².